The molecule has 3 rings (SSSR count). The Hall–Kier alpha value is -3.07. The number of carbonyl (C=O) groups excluding carboxylic acids is 1. The highest BCUT2D eigenvalue weighted by Gasteiger charge is 2.31. The van der Waals surface area contributed by atoms with Crippen molar-refractivity contribution in [3.05, 3.63) is 65.2 Å². The van der Waals surface area contributed by atoms with Crippen LogP contribution in [0.2, 0.25) is 0 Å². The number of alkyl halides is 3. The molecule has 1 heterocycles. The van der Waals surface area contributed by atoms with E-state index in [2.05, 4.69) is 4.98 Å². The van der Waals surface area contributed by atoms with Crippen LogP contribution in [0, 0.1) is 5.41 Å². The maximum atomic E-state index is 13.3. The lowest BCUT2D eigenvalue weighted by atomic mass is 9.94. The Balaban J connectivity index is 1.84. The molecule has 0 fully saturated rings. The molecule has 0 saturated heterocycles. The molecular formula is C25H29F3N4OS. The van der Waals surface area contributed by atoms with E-state index in [1.165, 1.54) is 23.5 Å². The van der Waals surface area contributed by atoms with E-state index >= 15 is 0 Å². The fraction of sp³-hybridized carbons (Fsp3) is 0.360. The van der Waals surface area contributed by atoms with E-state index in [0.717, 1.165) is 23.5 Å². The second-order valence-corrected chi connectivity index (χ2v) is 10.1. The highest BCUT2D eigenvalue weighted by Crippen LogP contribution is 2.33. The van der Waals surface area contributed by atoms with Crippen molar-refractivity contribution in [3.63, 3.8) is 0 Å². The highest BCUT2D eigenvalue weighted by atomic mass is 32.1. The first-order chi connectivity index (χ1) is 15.8. The zero-order valence-corrected chi connectivity index (χ0v) is 21.0. The van der Waals surface area contributed by atoms with E-state index in [4.69, 9.17) is 0 Å². The van der Waals surface area contributed by atoms with Gasteiger partial charge in [-0.2, -0.15) is 13.2 Å². The standard InChI is InChI=1S/C25H29F3N4OS/c1-24(2,3)22(33)32(21-13-11-19(12-14-21)30(4)5)15-18-16-34-23(29-18)31(6)20-9-7-17(8-10-20)25(26,27)28/h7-14,16H,15H2,1-6H3. The third kappa shape index (κ3) is 5.88. The van der Waals surface area contributed by atoms with Crippen LogP contribution in [0.4, 0.5) is 35.4 Å². The lowest BCUT2D eigenvalue weighted by Gasteiger charge is -2.29. The Morgan fingerprint density at radius 1 is 0.882 bits per heavy atom. The number of halogens is 3. The average molecular weight is 491 g/mol. The predicted octanol–water partition coefficient (Wildman–Crippen LogP) is 6.58. The zero-order valence-electron chi connectivity index (χ0n) is 20.1. The Kier molecular flexibility index (Phi) is 7.26. The van der Waals surface area contributed by atoms with Crippen molar-refractivity contribution < 1.29 is 18.0 Å². The first-order valence-electron chi connectivity index (χ1n) is 10.7. The van der Waals surface area contributed by atoms with Gasteiger partial charge in [-0.15, -0.1) is 11.3 Å². The summed E-state index contributed by atoms with van der Waals surface area (Å²) in [4.78, 5) is 23.3. The van der Waals surface area contributed by atoms with Gasteiger partial charge in [-0.25, -0.2) is 4.98 Å². The molecule has 5 nitrogen and oxygen atoms in total. The average Bonchev–Trinajstić information content (AvgIpc) is 3.24. The monoisotopic (exact) mass is 490 g/mol. The number of hydrogen-bond donors (Lipinski definition) is 0. The van der Waals surface area contributed by atoms with Crippen molar-refractivity contribution in [2.24, 2.45) is 5.41 Å². The summed E-state index contributed by atoms with van der Waals surface area (Å²) < 4.78 is 38.6. The van der Waals surface area contributed by atoms with Crippen LogP contribution in [0.15, 0.2) is 53.9 Å². The molecular weight excluding hydrogens is 461 g/mol. The molecule has 0 N–H and O–H groups in total. The van der Waals surface area contributed by atoms with E-state index in [0.29, 0.717) is 16.5 Å². The molecule has 9 heteroatoms. The SMILES string of the molecule is CN(C)c1ccc(N(Cc2csc(N(C)c3ccc(C(F)(F)F)cc3)n2)C(=O)C(C)(C)C)cc1. The topological polar surface area (TPSA) is 39.7 Å². The van der Waals surface area contributed by atoms with Crippen molar-refractivity contribution in [2.45, 2.75) is 33.5 Å². The number of hydrogen-bond acceptors (Lipinski definition) is 5. The van der Waals surface area contributed by atoms with Crippen LogP contribution in [-0.2, 0) is 17.5 Å². The first-order valence-corrected chi connectivity index (χ1v) is 11.6. The second-order valence-electron chi connectivity index (χ2n) is 9.28. The molecule has 0 aliphatic rings. The van der Waals surface area contributed by atoms with Crippen LogP contribution >= 0.6 is 11.3 Å². The van der Waals surface area contributed by atoms with Crippen LogP contribution in [0.25, 0.3) is 0 Å². The minimum Gasteiger partial charge on any atom is -0.378 e. The second kappa shape index (κ2) is 9.66. The fourth-order valence-corrected chi connectivity index (χ4v) is 4.09. The van der Waals surface area contributed by atoms with Gasteiger partial charge in [-0.3, -0.25) is 4.79 Å². The van der Waals surface area contributed by atoms with Gasteiger partial charge < -0.3 is 14.7 Å². The predicted molar refractivity (Wildman–Crippen MR) is 133 cm³/mol. The number of amides is 1. The van der Waals surface area contributed by atoms with Gasteiger partial charge in [0.05, 0.1) is 17.8 Å². The Morgan fingerprint density at radius 3 is 1.91 bits per heavy atom. The van der Waals surface area contributed by atoms with Gasteiger partial charge >= 0.3 is 6.18 Å². The summed E-state index contributed by atoms with van der Waals surface area (Å²) in [5.41, 5.74) is 1.82. The molecule has 0 aliphatic carbocycles. The van der Waals surface area contributed by atoms with Crippen LogP contribution in [-0.4, -0.2) is 32.0 Å². The van der Waals surface area contributed by atoms with E-state index in [1.807, 2.05) is 69.4 Å². The minimum atomic E-state index is -4.38. The van der Waals surface area contributed by atoms with E-state index < -0.39 is 17.2 Å². The molecule has 0 bridgehead atoms. The van der Waals surface area contributed by atoms with Gasteiger partial charge in [-0.1, -0.05) is 20.8 Å². The van der Waals surface area contributed by atoms with Crippen LogP contribution in [0.5, 0.6) is 0 Å². The molecule has 0 saturated carbocycles. The largest absolute Gasteiger partial charge is 0.416 e. The summed E-state index contributed by atoms with van der Waals surface area (Å²) >= 11 is 1.37. The fourth-order valence-electron chi connectivity index (χ4n) is 3.29. The number of benzene rings is 2. The molecule has 34 heavy (non-hydrogen) atoms. The van der Waals surface area contributed by atoms with Crippen molar-refractivity contribution in [1.82, 2.24) is 4.98 Å². The molecule has 0 radical (unpaired) electrons. The highest BCUT2D eigenvalue weighted by molar-refractivity contribution is 7.13. The van der Waals surface area contributed by atoms with Crippen LogP contribution < -0.4 is 14.7 Å². The lowest BCUT2D eigenvalue weighted by molar-refractivity contribution is -0.137. The van der Waals surface area contributed by atoms with Gasteiger partial charge in [0.15, 0.2) is 5.13 Å². The van der Waals surface area contributed by atoms with Crippen molar-refractivity contribution in [2.75, 3.05) is 35.8 Å². The lowest BCUT2D eigenvalue weighted by Crippen LogP contribution is -2.39. The van der Waals surface area contributed by atoms with Crippen molar-refractivity contribution in [3.8, 4) is 0 Å². The van der Waals surface area contributed by atoms with Crippen molar-refractivity contribution >= 4 is 39.4 Å². The third-order valence-electron chi connectivity index (χ3n) is 5.29. The van der Waals surface area contributed by atoms with Gasteiger partial charge in [0, 0.05) is 49.0 Å². The Morgan fingerprint density at radius 2 is 1.41 bits per heavy atom. The number of nitrogens with zero attached hydrogens (tertiary/aromatic N) is 4. The quantitative estimate of drug-likeness (QED) is 0.392. The first kappa shape index (κ1) is 25.6. The molecule has 3 aromatic rings. The maximum absolute atomic E-state index is 13.3. The van der Waals surface area contributed by atoms with Gasteiger partial charge in [0.25, 0.3) is 0 Å². The molecule has 0 spiro atoms. The van der Waals surface area contributed by atoms with Crippen LogP contribution in [0.1, 0.15) is 32.0 Å². The summed E-state index contributed by atoms with van der Waals surface area (Å²) in [5, 5.41) is 2.49. The van der Waals surface area contributed by atoms with E-state index in [9.17, 15) is 18.0 Å². The molecule has 0 unspecified atom stereocenters. The summed E-state index contributed by atoms with van der Waals surface area (Å²) in [6, 6.07) is 12.7. The Bertz CT molecular complexity index is 1120. The molecule has 1 amide bonds. The van der Waals surface area contributed by atoms with Gasteiger partial charge in [-0.05, 0) is 48.5 Å². The van der Waals surface area contributed by atoms with Gasteiger partial charge in [0.1, 0.15) is 0 Å². The number of rotatable bonds is 6. The molecule has 1 aromatic heterocycles. The molecule has 0 aliphatic heterocycles. The number of aromatic nitrogens is 1. The zero-order chi connectivity index (χ0) is 25.3. The summed E-state index contributed by atoms with van der Waals surface area (Å²) in [6.07, 6.45) is -4.38. The molecule has 2 aromatic carbocycles. The van der Waals surface area contributed by atoms with E-state index in [1.54, 1.807) is 16.8 Å². The molecule has 0 atom stereocenters. The van der Waals surface area contributed by atoms with E-state index in [-0.39, 0.29) is 12.5 Å². The normalized spacial score (nSPS) is 11.9. The maximum Gasteiger partial charge on any atom is 0.416 e. The molecule has 182 valence electrons. The Labute approximate surface area is 202 Å². The summed E-state index contributed by atoms with van der Waals surface area (Å²) in [7, 11) is 5.66. The number of anilines is 4. The minimum absolute atomic E-state index is 0.0317. The number of thiazole rings is 1. The third-order valence-corrected chi connectivity index (χ3v) is 6.26. The summed E-state index contributed by atoms with van der Waals surface area (Å²) in [6.45, 7) is 5.92. The van der Waals surface area contributed by atoms with Crippen LogP contribution in [0.3, 0.4) is 0 Å². The smallest absolute Gasteiger partial charge is 0.378 e. The van der Waals surface area contributed by atoms with Gasteiger partial charge in [0.2, 0.25) is 5.91 Å². The summed E-state index contributed by atoms with van der Waals surface area (Å²) in [5.74, 6) is -0.0317. The van der Waals surface area contributed by atoms with Crippen molar-refractivity contribution in [1.29, 1.82) is 0 Å². The number of carbonyl (C=O) groups is 1.